The minimum atomic E-state index is -0.491. The van der Waals surface area contributed by atoms with Gasteiger partial charge in [0.1, 0.15) is 18.1 Å². The molecule has 0 aliphatic carbocycles. The molecule has 4 aromatic carbocycles. The van der Waals surface area contributed by atoms with Gasteiger partial charge in [0.25, 0.3) is 11.6 Å². The van der Waals surface area contributed by atoms with Crippen LogP contribution in [0.25, 0.3) is 10.8 Å². The van der Waals surface area contributed by atoms with Crippen LogP contribution < -0.4 is 14.8 Å². The van der Waals surface area contributed by atoms with E-state index in [0.29, 0.717) is 23.6 Å². The molecule has 0 aromatic heterocycles. The number of hydrogen-bond donors (Lipinski definition) is 1. The summed E-state index contributed by atoms with van der Waals surface area (Å²) >= 11 is 0. The Labute approximate surface area is 197 Å². The van der Waals surface area contributed by atoms with Crippen molar-refractivity contribution in [3.8, 4) is 11.5 Å². The molecule has 0 fully saturated rings. The molecule has 172 valence electrons. The van der Waals surface area contributed by atoms with Gasteiger partial charge in [0.05, 0.1) is 17.2 Å². The predicted molar refractivity (Wildman–Crippen MR) is 132 cm³/mol. The molecule has 0 heterocycles. The molecule has 1 amide bonds. The largest absolute Gasteiger partial charge is 0.493 e. The van der Waals surface area contributed by atoms with Crippen LogP contribution in [0.3, 0.4) is 0 Å². The summed E-state index contributed by atoms with van der Waals surface area (Å²) in [6.45, 7) is 4.35. The monoisotopic (exact) mass is 456 g/mol. The molecule has 0 saturated carbocycles. The second-order valence-corrected chi connectivity index (χ2v) is 7.73. The van der Waals surface area contributed by atoms with Crippen LogP contribution in [-0.4, -0.2) is 17.4 Å². The van der Waals surface area contributed by atoms with E-state index in [-0.39, 0.29) is 18.2 Å². The van der Waals surface area contributed by atoms with Crippen molar-refractivity contribution in [3.63, 3.8) is 0 Å². The Morgan fingerprint density at radius 3 is 2.53 bits per heavy atom. The van der Waals surface area contributed by atoms with E-state index in [4.69, 9.17) is 9.47 Å². The van der Waals surface area contributed by atoms with Gasteiger partial charge in [-0.3, -0.25) is 14.9 Å². The first-order chi connectivity index (χ1) is 16.5. The summed E-state index contributed by atoms with van der Waals surface area (Å²) < 4.78 is 11.9. The first kappa shape index (κ1) is 22.8. The summed E-state index contributed by atoms with van der Waals surface area (Å²) in [4.78, 5) is 23.6. The molecule has 4 aromatic rings. The van der Waals surface area contributed by atoms with Crippen LogP contribution in [0.15, 0.2) is 78.9 Å². The highest BCUT2D eigenvalue weighted by Crippen LogP contribution is 2.29. The molecule has 0 aliphatic heterocycles. The van der Waals surface area contributed by atoms with Crippen LogP contribution >= 0.6 is 0 Å². The van der Waals surface area contributed by atoms with Crippen molar-refractivity contribution in [1.29, 1.82) is 0 Å². The molecule has 0 unspecified atom stereocenters. The fourth-order valence-electron chi connectivity index (χ4n) is 3.66. The molecule has 0 atom stereocenters. The van der Waals surface area contributed by atoms with Crippen molar-refractivity contribution in [2.45, 2.75) is 20.5 Å². The van der Waals surface area contributed by atoms with E-state index in [2.05, 4.69) is 5.32 Å². The van der Waals surface area contributed by atoms with Crippen LogP contribution in [0.4, 0.5) is 11.4 Å². The lowest BCUT2D eigenvalue weighted by Gasteiger charge is -2.15. The molecule has 0 radical (unpaired) electrons. The second kappa shape index (κ2) is 10.0. The molecule has 0 spiro atoms. The number of nitro groups is 1. The quantitative estimate of drug-likeness (QED) is 0.249. The number of amides is 1. The van der Waals surface area contributed by atoms with Gasteiger partial charge in [-0.15, -0.1) is 0 Å². The average molecular weight is 456 g/mol. The molecular weight excluding hydrogens is 432 g/mol. The van der Waals surface area contributed by atoms with E-state index >= 15 is 0 Å². The Hall–Kier alpha value is -4.39. The van der Waals surface area contributed by atoms with Crippen molar-refractivity contribution in [1.82, 2.24) is 0 Å². The molecule has 7 nitrogen and oxygen atoms in total. The first-order valence-electron chi connectivity index (χ1n) is 10.9. The summed E-state index contributed by atoms with van der Waals surface area (Å²) in [7, 11) is 0. The molecular formula is C27H24N2O5. The van der Waals surface area contributed by atoms with Crippen molar-refractivity contribution in [2.24, 2.45) is 0 Å². The Bertz CT molecular complexity index is 1360. The third-order valence-corrected chi connectivity index (χ3v) is 5.44. The molecule has 7 heteroatoms. The summed E-state index contributed by atoms with van der Waals surface area (Å²) in [5, 5.41) is 15.9. The number of carbonyl (C=O) groups excluding carboxylic acids is 1. The third kappa shape index (κ3) is 4.99. The zero-order valence-corrected chi connectivity index (χ0v) is 18.9. The lowest BCUT2D eigenvalue weighted by Crippen LogP contribution is -2.14. The highest BCUT2D eigenvalue weighted by molar-refractivity contribution is 6.05. The number of non-ortho nitro benzene ring substituents is 1. The van der Waals surface area contributed by atoms with E-state index < -0.39 is 4.92 Å². The zero-order chi connectivity index (χ0) is 24.1. The van der Waals surface area contributed by atoms with Gasteiger partial charge >= 0.3 is 0 Å². The van der Waals surface area contributed by atoms with E-state index in [1.54, 1.807) is 31.2 Å². The Kier molecular flexibility index (Phi) is 6.73. The zero-order valence-electron chi connectivity index (χ0n) is 18.9. The summed E-state index contributed by atoms with van der Waals surface area (Å²) in [6.07, 6.45) is 0. The molecule has 0 bridgehead atoms. The number of nitro benzene ring substituents is 1. The maximum atomic E-state index is 13.0. The standard InChI is InChI=1S/C27H24N2O5/c1-3-33-25-14-12-20(27(30)28-24-16-22(29(31)32)13-11-18(24)2)15-21(25)17-34-26-10-6-8-19-7-4-5-9-23(19)26/h4-16H,3,17H2,1-2H3,(H,28,30). The van der Waals surface area contributed by atoms with Crippen LogP contribution in [0.2, 0.25) is 0 Å². The number of nitrogens with one attached hydrogen (secondary N) is 1. The topological polar surface area (TPSA) is 90.7 Å². The number of aryl methyl sites for hydroxylation is 1. The summed E-state index contributed by atoms with van der Waals surface area (Å²) in [6, 6.07) is 23.3. The fourth-order valence-corrected chi connectivity index (χ4v) is 3.66. The second-order valence-electron chi connectivity index (χ2n) is 7.73. The maximum absolute atomic E-state index is 13.0. The van der Waals surface area contributed by atoms with Crippen molar-refractivity contribution < 1.29 is 19.2 Å². The van der Waals surface area contributed by atoms with Gasteiger partial charge in [0.15, 0.2) is 0 Å². The smallest absolute Gasteiger partial charge is 0.271 e. The Balaban J connectivity index is 1.59. The number of anilines is 1. The van der Waals surface area contributed by atoms with Gasteiger partial charge in [-0.05, 0) is 49.1 Å². The number of carbonyl (C=O) groups is 1. The predicted octanol–water partition coefficient (Wildman–Crippen LogP) is 6.29. The van der Waals surface area contributed by atoms with E-state index in [0.717, 1.165) is 27.6 Å². The summed E-state index contributed by atoms with van der Waals surface area (Å²) in [5.74, 6) is 0.992. The number of rotatable bonds is 8. The van der Waals surface area contributed by atoms with Crippen LogP contribution in [0, 0.1) is 17.0 Å². The van der Waals surface area contributed by atoms with Gasteiger partial charge < -0.3 is 14.8 Å². The fraction of sp³-hybridized carbons (Fsp3) is 0.148. The molecule has 1 N–H and O–H groups in total. The van der Waals surface area contributed by atoms with E-state index in [1.165, 1.54) is 12.1 Å². The highest BCUT2D eigenvalue weighted by atomic mass is 16.6. The Morgan fingerprint density at radius 1 is 0.941 bits per heavy atom. The molecule has 0 saturated heterocycles. The number of ether oxygens (including phenoxy) is 2. The number of fused-ring (bicyclic) bond motifs is 1. The maximum Gasteiger partial charge on any atom is 0.271 e. The van der Waals surface area contributed by atoms with Crippen molar-refractivity contribution >= 4 is 28.1 Å². The SMILES string of the molecule is CCOc1ccc(C(=O)Nc2cc([N+](=O)[O-])ccc2C)cc1COc1cccc2ccccc12. The number of benzene rings is 4. The van der Waals surface area contributed by atoms with Crippen molar-refractivity contribution in [2.75, 3.05) is 11.9 Å². The minimum absolute atomic E-state index is 0.0863. The number of hydrogen-bond acceptors (Lipinski definition) is 5. The third-order valence-electron chi connectivity index (χ3n) is 5.44. The molecule has 0 aliphatic rings. The number of nitrogens with zero attached hydrogens (tertiary/aromatic N) is 1. The van der Waals surface area contributed by atoms with Gasteiger partial charge in [0, 0.05) is 28.6 Å². The normalized spacial score (nSPS) is 10.6. The van der Waals surface area contributed by atoms with E-state index in [9.17, 15) is 14.9 Å². The van der Waals surface area contributed by atoms with Gasteiger partial charge in [-0.1, -0.05) is 42.5 Å². The average Bonchev–Trinajstić information content (AvgIpc) is 2.84. The van der Waals surface area contributed by atoms with Crippen LogP contribution in [0.5, 0.6) is 11.5 Å². The van der Waals surface area contributed by atoms with Crippen LogP contribution in [-0.2, 0) is 6.61 Å². The first-order valence-corrected chi connectivity index (χ1v) is 10.9. The van der Waals surface area contributed by atoms with Gasteiger partial charge in [0.2, 0.25) is 0 Å². The van der Waals surface area contributed by atoms with Crippen molar-refractivity contribution in [3.05, 3.63) is 106 Å². The van der Waals surface area contributed by atoms with Crippen LogP contribution in [0.1, 0.15) is 28.4 Å². The molecule has 4 rings (SSSR count). The lowest BCUT2D eigenvalue weighted by molar-refractivity contribution is -0.384. The Morgan fingerprint density at radius 2 is 1.74 bits per heavy atom. The van der Waals surface area contributed by atoms with Gasteiger partial charge in [-0.25, -0.2) is 0 Å². The van der Waals surface area contributed by atoms with Gasteiger partial charge in [-0.2, -0.15) is 0 Å². The lowest BCUT2D eigenvalue weighted by atomic mass is 10.1. The summed E-state index contributed by atoms with van der Waals surface area (Å²) in [5.41, 5.74) is 2.15. The van der Waals surface area contributed by atoms with E-state index in [1.807, 2.05) is 49.4 Å². The minimum Gasteiger partial charge on any atom is -0.493 e. The molecule has 34 heavy (non-hydrogen) atoms. The highest BCUT2D eigenvalue weighted by Gasteiger charge is 2.15.